The molecule has 0 spiro atoms. The number of nitrogens with zero attached hydrogens (tertiary/aromatic N) is 2. The largest absolute Gasteiger partial charge is 0.268 e. The summed E-state index contributed by atoms with van der Waals surface area (Å²) in [7, 11) is 1.96. The molecule has 0 radical (unpaired) electrons. The first kappa shape index (κ1) is 11.3. The van der Waals surface area contributed by atoms with Gasteiger partial charge in [0.05, 0.1) is 5.69 Å². The fraction of sp³-hybridized carbons (Fsp3) is 0.308. The molecule has 0 aliphatic rings. The van der Waals surface area contributed by atoms with Crippen LogP contribution >= 0.6 is 11.8 Å². The predicted octanol–water partition coefficient (Wildman–Crippen LogP) is 3.59. The van der Waals surface area contributed by atoms with E-state index in [2.05, 4.69) is 43.2 Å². The van der Waals surface area contributed by atoms with Crippen molar-refractivity contribution in [2.24, 2.45) is 7.05 Å². The van der Waals surface area contributed by atoms with Crippen molar-refractivity contribution >= 4 is 11.8 Å². The molecule has 0 N–H and O–H groups in total. The molecule has 0 aliphatic carbocycles. The van der Waals surface area contributed by atoms with Crippen molar-refractivity contribution in [3.05, 3.63) is 36.5 Å². The van der Waals surface area contributed by atoms with E-state index in [0.717, 1.165) is 5.69 Å². The molecule has 1 heterocycles. The number of benzene rings is 1. The second-order valence-electron chi connectivity index (χ2n) is 4.03. The van der Waals surface area contributed by atoms with Crippen molar-refractivity contribution in [2.45, 2.75) is 24.0 Å². The van der Waals surface area contributed by atoms with Crippen LogP contribution in [0, 0.1) is 0 Å². The maximum absolute atomic E-state index is 4.18. The molecule has 16 heavy (non-hydrogen) atoms. The monoisotopic (exact) mass is 232 g/mol. The number of hydrogen-bond donors (Lipinski definition) is 0. The van der Waals surface area contributed by atoms with Gasteiger partial charge in [0, 0.05) is 23.4 Å². The van der Waals surface area contributed by atoms with Gasteiger partial charge < -0.3 is 0 Å². The lowest BCUT2D eigenvalue weighted by Crippen LogP contribution is -1.93. The summed E-state index contributed by atoms with van der Waals surface area (Å²) in [4.78, 5) is 1.32. The third-order valence-electron chi connectivity index (χ3n) is 2.34. The van der Waals surface area contributed by atoms with Gasteiger partial charge in [-0.25, -0.2) is 0 Å². The van der Waals surface area contributed by atoms with Crippen molar-refractivity contribution in [3.8, 4) is 11.3 Å². The maximum atomic E-state index is 4.18. The smallest absolute Gasteiger partial charge is 0.0678 e. The summed E-state index contributed by atoms with van der Waals surface area (Å²) in [6.45, 7) is 4.42. The van der Waals surface area contributed by atoms with Gasteiger partial charge in [0.25, 0.3) is 0 Å². The Morgan fingerprint density at radius 3 is 2.31 bits per heavy atom. The third-order valence-corrected chi connectivity index (χ3v) is 3.36. The van der Waals surface area contributed by atoms with Gasteiger partial charge in [0.15, 0.2) is 0 Å². The minimum absolute atomic E-state index is 0.627. The molecule has 0 amide bonds. The van der Waals surface area contributed by atoms with Crippen molar-refractivity contribution in [1.82, 2.24) is 9.78 Å². The van der Waals surface area contributed by atoms with E-state index in [1.54, 1.807) is 0 Å². The molecule has 3 heteroatoms. The van der Waals surface area contributed by atoms with Crippen molar-refractivity contribution in [1.29, 1.82) is 0 Å². The fourth-order valence-corrected chi connectivity index (χ4v) is 2.47. The Bertz CT molecular complexity index is 457. The Hall–Kier alpha value is -1.22. The molecule has 0 unspecified atom stereocenters. The van der Waals surface area contributed by atoms with E-state index in [-0.39, 0.29) is 0 Å². The van der Waals surface area contributed by atoms with Gasteiger partial charge in [-0.3, -0.25) is 4.68 Å². The first-order valence-electron chi connectivity index (χ1n) is 5.42. The van der Waals surface area contributed by atoms with Crippen molar-refractivity contribution in [2.75, 3.05) is 0 Å². The van der Waals surface area contributed by atoms with Gasteiger partial charge in [-0.05, 0) is 23.8 Å². The van der Waals surface area contributed by atoms with Gasteiger partial charge in [-0.15, -0.1) is 11.8 Å². The zero-order chi connectivity index (χ0) is 11.5. The lowest BCUT2D eigenvalue weighted by molar-refractivity contribution is 0.776. The van der Waals surface area contributed by atoms with Crippen molar-refractivity contribution in [3.63, 3.8) is 0 Å². The van der Waals surface area contributed by atoms with E-state index < -0.39 is 0 Å². The summed E-state index contributed by atoms with van der Waals surface area (Å²) < 4.78 is 1.89. The van der Waals surface area contributed by atoms with E-state index in [0.29, 0.717) is 5.25 Å². The molecule has 0 atom stereocenters. The summed E-state index contributed by atoms with van der Waals surface area (Å²) in [5.74, 6) is 0. The van der Waals surface area contributed by atoms with Crippen LogP contribution in [0.3, 0.4) is 0 Å². The SMILES string of the molecule is CC(C)Sc1ccc(-c2ccnn2C)cc1. The van der Waals surface area contributed by atoms with Crippen LogP contribution in [-0.2, 0) is 7.05 Å². The van der Waals surface area contributed by atoms with E-state index in [9.17, 15) is 0 Å². The molecule has 0 aliphatic heterocycles. The molecule has 0 saturated carbocycles. The van der Waals surface area contributed by atoms with E-state index in [1.165, 1.54) is 10.5 Å². The highest BCUT2D eigenvalue weighted by Gasteiger charge is 2.03. The highest BCUT2D eigenvalue weighted by Crippen LogP contribution is 2.26. The molecule has 2 nitrogen and oxygen atoms in total. The van der Waals surface area contributed by atoms with Gasteiger partial charge >= 0.3 is 0 Å². The van der Waals surface area contributed by atoms with E-state index in [4.69, 9.17) is 0 Å². The average molecular weight is 232 g/mol. The molecular formula is C13H16N2S. The van der Waals surface area contributed by atoms with Crippen LogP contribution in [-0.4, -0.2) is 15.0 Å². The summed E-state index contributed by atoms with van der Waals surface area (Å²) in [5.41, 5.74) is 2.37. The van der Waals surface area contributed by atoms with E-state index >= 15 is 0 Å². The highest BCUT2D eigenvalue weighted by atomic mass is 32.2. The minimum atomic E-state index is 0.627. The molecule has 0 fully saturated rings. The van der Waals surface area contributed by atoms with Gasteiger partial charge in [0.2, 0.25) is 0 Å². The topological polar surface area (TPSA) is 17.8 Å². The molecule has 0 saturated heterocycles. The number of hydrogen-bond acceptors (Lipinski definition) is 2. The Kier molecular flexibility index (Phi) is 3.34. The molecule has 84 valence electrons. The molecule has 1 aromatic carbocycles. The first-order chi connectivity index (χ1) is 7.66. The second-order valence-corrected chi connectivity index (χ2v) is 5.68. The third kappa shape index (κ3) is 2.47. The zero-order valence-electron chi connectivity index (χ0n) is 9.84. The van der Waals surface area contributed by atoms with Crippen LogP contribution in [0.2, 0.25) is 0 Å². The zero-order valence-corrected chi connectivity index (χ0v) is 10.7. The summed E-state index contributed by atoms with van der Waals surface area (Å²) in [6.07, 6.45) is 1.83. The van der Waals surface area contributed by atoms with Crippen LogP contribution < -0.4 is 0 Å². The first-order valence-corrected chi connectivity index (χ1v) is 6.30. The second kappa shape index (κ2) is 4.74. The molecule has 2 aromatic rings. The summed E-state index contributed by atoms with van der Waals surface area (Å²) >= 11 is 1.89. The fourth-order valence-electron chi connectivity index (χ4n) is 1.63. The quantitative estimate of drug-likeness (QED) is 0.753. The van der Waals surface area contributed by atoms with Crippen LogP contribution in [0.4, 0.5) is 0 Å². The highest BCUT2D eigenvalue weighted by molar-refractivity contribution is 7.99. The Labute approximate surface area is 101 Å². The molecule has 2 rings (SSSR count). The molecule has 0 bridgehead atoms. The van der Waals surface area contributed by atoms with Crippen LogP contribution in [0.15, 0.2) is 41.4 Å². The van der Waals surface area contributed by atoms with E-state index in [1.807, 2.05) is 35.8 Å². The number of thioether (sulfide) groups is 1. The molecule has 1 aromatic heterocycles. The van der Waals surface area contributed by atoms with Crippen molar-refractivity contribution < 1.29 is 0 Å². The minimum Gasteiger partial charge on any atom is -0.268 e. The van der Waals surface area contributed by atoms with Crippen LogP contribution in [0.25, 0.3) is 11.3 Å². The Morgan fingerprint density at radius 1 is 1.12 bits per heavy atom. The molecular weight excluding hydrogens is 216 g/mol. The maximum Gasteiger partial charge on any atom is 0.0678 e. The van der Waals surface area contributed by atoms with Crippen LogP contribution in [0.5, 0.6) is 0 Å². The van der Waals surface area contributed by atoms with Crippen LogP contribution in [0.1, 0.15) is 13.8 Å². The Morgan fingerprint density at radius 2 is 1.81 bits per heavy atom. The summed E-state index contributed by atoms with van der Waals surface area (Å²) in [5, 5.41) is 4.80. The lowest BCUT2D eigenvalue weighted by atomic mass is 10.1. The lowest BCUT2D eigenvalue weighted by Gasteiger charge is -2.06. The number of rotatable bonds is 3. The normalized spacial score (nSPS) is 11.0. The predicted molar refractivity (Wildman–Crippen MR) is 69.6 cm³/mol. The van der Waals surface area contributed by atoms with Gasteiger partial charge in [0.1, 0.15) is 0 Å². The average Bonchev–Trinajstić information content (AvgIpc) is 2.65. The number of aryl methyl sites for hydroxylation is 1. The number of aromatic nitrogens is 2. The standard InChI is InChI=1S/C13H16N2S/c1-10(2)16-12-6-4-11(5-7-12)13-8-9-14-15(13)3/h4-10H,1-3H3. The van der Waals surface area contributed by atoms with Gasteiger partial charge in [-0.2, -0.15) is 5.10 Å². The Balaban J connectivity index is 2.23. The summed E-state index contributed by atoms with van der Waals surface area (Å²) in [6, 6.07) is 10.7. The van der Waals surface area contributed by atoms with Gasteiger partial charge in [-0.1, -0.05) is 26.0 Å².